The summed E-state index contributed by atoms with van der Waals surface area (Å²) in [6.45, 7) is 7.64. The Labute approximate surface area is 181 Å². The van der Waals surface area contributed by atoms with E-state index in [1.165, 1.54) is 22.2 Å². The minimum atomic E-state index is -0.0935. The molecule has 0 unspecified atom stereocenters. The summed E-state index contributed by atoms with van der Waals surface area (Å²) in [5.74, 6) is 0.402. The van der Waals surface area contributed by atoms with Crippen LogP contribution in [0.5, 0.6) is 0 Å². The van der Waals surface area contributed by atoms with E-state index in [0.717, 1.165) is 49.0 Å². The molecule has 2 aromatic carbocycles. The van der Waals surface area contributed by atoms with E-state index in [9.17, 15) is 9.59 Å². The molecule has 0 atom stereocenters. The second-order valence-electron chi connectivity index (χ2n) is 7.81. The smallest absolute Gasteiger partial charge is 0.251 e. The third-order valence-electron chi connectivity index (χ3n) is 5.55. The highest BCUT2D eigenvalue weighted by molar-refractivity contribution is 8.00. The number of hydrogen-bond donors (Lipinski definition) is 2. The van der Waals surface area contributed by atoms with E-state index in [4.69, 9.17) is 4.74 Å². The Morgan fingerprint density at radius 3 is 2.83 bits per heavy atom. The molecule has 6 nitrogen and oxygen atoms in total. The maximum Gasteiger partial charge on any atom is 0.251 e. The molecule has 0 radical (unpaired) electrons. The van der Waals surface area contributed by atoms with Gasteiger partial charge in [-0.25, -0.2) is 0 Å². The largest absolute Gasteiger partial charge is 0.370 e. The molecule has 30 heavy (non-hydrogen) atoms. The molecular weight excluding hydrogens is 398 g/mol. The number of carbonyl (C=O) groups is 2. The van der Waals surface area contributed by atoms with E-state index in [0.29, 0.717) is 24.4 Å². The van der Waals surface area contributed by atoms with Gasteiger partial charge in [0.2, 0.25) is 5.91 Å². The molecule has 2 N–H and O–H groups in total. The van der Waals surface area contributed by atoms with Gasteiger partial charge in [-0.05, 0) is 30.7 Å². The van der Waals surface area contributed by atoms with Gasteiger partial charge >= 0.3 is 0 Å². The van der Waals surface area contributed by atoms with Crippen molar-refractivity contribution in [3.05, 3.63) is 59.2 Å². The zero-order valence-corrected chi connectivity index (χ0v) is 18.1. The topological polar surface area (TPSA) is 63.1 Å². The molecule has 2 aliphatic heterocycles. The fourth-order valence-corrected chi connectivity index (χ4v) is 4.79. The summed E-state index contributed by atoms with van der Waals surface area (Å²) in [6, 6.07) is 13.8. The van der Waals surface area contributed by atoms with E-state index in [1.807, 2.05) is 43.3 Å². The van der Waals surface area contributed by atoms with Crippen LogP contribution in [0.15, 0.2) is 47.4 Å². The fourth-order valence-electron chi connectivity index (χ4n) is 3.87. The number of carbonyl (C=O) groups excluding carboxylic acids is 2. The zero-order chi connectivity index (χ0) is 20.9. The van der Waals surface area contributed by atoms with Gasteiger partial charge in [0.1, 0.15) is 13.1 Å². The van der Waals surface area contributed by atoms with E-state index in [2.05, 4.69) is 11.4 Å². The van der Waals surface area contributed by atoms with Gasteiger partial charge in [0.15, 0.2) is 0 Å². The Hall–Kier alpha value is -2.35. The second kappa shape index (κ2) is 9.64. The summed E-state index contributed by atoms with van der Waals surface area (Å²) < 4.78 is 5.37. The van der Waals surface area contributed by atoms with Crippen LogP contribution in [0.1, 0.15) is 21.5 Å². The monoisotopic (exact) mass is 426 g/mol. The molecule has 2 aliphatic rings. The normalized spacial score (nSPS) is 17.0. The maximum atomic E-state index is 12.7. The third kappa shape index (κ3) is 5.03. The summed E-state index contributed by atoms with van der Waals surface area (Å²) in [5, 5.41) is 3.03. The van der Waals surface area contributed by atoms with Crippen LogP contribution in [0.25, 0.3) is 0 Å². The van der Waals surface area contributed by atoms with E-state index in [-0.39, 0.29) is 11.8 Å². The van der Waals surface area contributed by atoms with Crippen molar-refractivity contribution in [3.63, 3.8) is 0 Å². The molecule has 4 rings (SSSR count). The lowest BCUT2D eigenvalue weighted by atomic mass is 10.1. The predicted octanol–water partition coefficient (Wildman–Crippen LogP) is 1.28. The van der Waals surface area contributed by atoms with Crippen LogP contribution in [-0.2, 0) is 16.1 Å². The van der Waals surface area contributed by atoms with Crippen LogP contribution in [0, 0.1) is 6.92 Å². The lowest BCUT2D eigenvalue weighted by molar-refractivity contribution is -0.906. The summed E-state index contributed by atoms with van der Waals surface area (Å²) in [5.41, 5.74) is 3.67. The quantitative estimate of drug-likeness (QED) is 0.731. The molecular formula is C23H28N3O3S+. The minimum Gasteiger partial charge on any atom is -0.370 e. The van der Waals surface area contributed by atoms with Crippen molar-refractivity contribution in [2.45, 2.75) is 18.4 Å². The first-order valence-corrected chi connectivity index (χ1v) is 11.4. The van der Waals surface area contributed by atoms with E-state index < -0.39 is 0 Å². The predicted molar refractivity (Wildman–Crippen MR) is 118 cm³/mol. The van der Waals surface area contributed by atoms with Crippen LogP contribution >= 0.6 is 11.8 Å². The van der Waals surface area contributed by atoms with Crippen molar-refractivity contribution in [1.29, 1.82) is 0 Å². The Balaban J connectivity index is 1.45. The SMILES string of the molecule is Cc1cccc(CN2C(=O)CSc3ccc(C(=O)NCC[NH+]4CCOCC4)cc32)c1. The van der Waals surface area contributed by atoms with E-state index >= 15 is 0 Å². The van der Waals surface area contributed by atoms with E-state index in [1.54, 1.807) is 4.90 Å². The number of ether oxygens (including phenoxy) is 1. The van der Waals surface area contributed by atoms with Crippen molar-refractivity contribution >= 4 is 29.3 Å². The first kappa shape index (κ1) is 20.9. The van der Waals surface area contributed by atoms with Crippen LogP contribution < -0.4 is 15.1 Å². The van der Waals surface area contributed by atoms with Crippen molar-refractivity contribution in [3.8, 4) is 0 Å². The molecule has 0 saturated carbocycles. The van der Waals surface area contributed by atoms with Crippen LogP contribution in [0.4, 0.5) is 5.69 Å². The molecule has 7 heteroatoms. The highest BCUT2D eigenvalue weighted by atomic mass is 32.2. The Morgan fingerprint density at radius 2 is 2.03 bits per heavy atom. The number of benzene rings is 2. The first-order valence-electron chi connectivity index (χ1n) is 10.4. The molecule has 1 fully saturated rings. The number of hydrogen-bond acceptors (Lipinski definition) is 4. The van der Waals surface area contributed by atoms with Gasteiger partial charge in [-0.1, -0.05) is 29.8 Å². The van der Waals surface area contributed by atoms with Crippen molar-refractivity contribution < 1.29 is 19.2 Å². The number of anilines is 1. The third-order valence-corrected chi connectivity index (χ3v) is 6.60. The molecule has 0 spiro atoms. The van der Waals surface area contributed by atoms with Crippen LogP contribution in [-0.4, -0.2) is 57.0 Å². The zero-order valence-electron chi connectivity index (χ0n) is 17.3. The number of nitrogens with zero attached hydrogens (tertiary/aromatic N) is 1. The van der Waals surface area contributed by atoms with Gasteiger partial charge in [-0.2, -0.15) is 0 Å². The van der Waals surface area contributed by atoms with Crippen LogP contribution in [0.3, 0.4) is 0 Å². The summed E-state index contributed by atoms with van der Waals surface area (Å²) in [4.78, 5) is 29.7. The number of rotatable bonds is 6. The molecule has 1 saturated heterocycles. The number of fused-ring (bicyclic) bond motifs is 1. The van der Waals surface area contributed by atoms with Gasteiger partial charge in [-0.15, -0.1) is 11.8 Å². The molecule has 0 aliphatic carbocycles. The minimum absolute atomic E-state index is 0.0717. The fraction of sp³-hybridized carbons (Fsp3) is 0.391. The molecule has 2 amide bonds. The van der Waals surface area contributed by atoms with Gasteiger partial charge < -0.3 is 19.9 Å². The molecule has 2 aromatic rings. The summed E-state index contributed by atoms with van der Waals surface area (Å²) in [7, 11) is 0. The average Bonchev–Trinajstić information content (AvgIpc) is 2.76. The first-order chi connectivity index (χ1) is 14.6. The number of thioether (sulfide) groups is 1. The molecule has 0 bridgehead atoms. The number of aryl methyl sites for hydroxylation is 1. The number of amides is 2. The number of morpholine rings is 1. The van der Waals surface area contributed by atoms with Gasteiger partial charge in [-0.3, -0.25) is 9.59 Å². The van der Waals surface area contributed by atoms with Crippen molar-refractivity contribution in [2.24, 2.45) is 0 Å². The molecule has 0 aromatic heterocycles. The molecule has 2 heterocycles. The van der Waals surface area contributed by atoms with Crippen molar-refractivity contribution in [1.82, 2.24) is 5.32 Å². The highest BCUT2D eigenvalue weighted by Crippen LogP contribution is 2.36. The molecule has 158 valence electrons. The lowest BCUT2D eigenvalue weighted by Crippen LogP contribution is -3.14. The lowest BCUT2D eigenvalue weighted by Gasteiger charge is -2.29. The number of nitrogens with one attached hydrogen (secondary N) is 2. The summed E-state index contributed by atoms with van der Waals surface area (Å²) >= 11 is 1.53. The van der Waals surface area contributed by atoms with Gasteiger partial charge in [0, 0.05) is 10.5 Å². The van der Waals surface area contributed by atoms with Gasteiger partial charge in [0.05, 0.1) is 44.3 Å². The maximum absolute atomic E-state index is 12.7. The highest BCUT2D eigenvalue weighted by Gasteiger charge is 2.26. The Kier molecular flexibility index (Phi) is 6.72. The Morgan fingerprint density at radius 1 is 1.20 bits per heavy atom. The Bertz CT molecular complexity index is 928. The average molecular weight is 427 g/mol. The van der Waals surface area contributed by atoms with Gasteiger partial charge in [0.25, 0.3) is 5.91 Å². The summed E-state index contributed by atoms with van der Waals surface area (Å²) in [6.07, 6.45) is 0. The second-order valence-corrected chi connectivity index (χ2v) is 8.83. The van der Waals surface area contributed by atoms with Crippen molar-refractivity contribution in [2.75, 3.05) is 50.0 Å². The standard InChI is InChI=1S/C23H27N3O3S/c1-17-3-2-4-18(13-17)15-26-20-14-19(5-6-21(20)30-16-22(26)27)23(28)24-7-8-25-9-11-29-12-10-25/h2-6,13-14H,7-12,15-16H2,1H3,(H,24,28)/p+1. The van der Waals surface area contributed by atoms with Crippen LogP contribution in [0.2, 0.25) is 0 Å². The number of quaternary nitrogens is 1.